The Labute approximate surface area is 179 Å². The first-order chi connectivity index (χ1) is 14.6. The van der Waals surface area contributed by atoms with Gasteiger partial charge in [-0.25, -0.2) is 0 Å². The summed E-state index contributed by atoms with van der Waals surface area (Å²) in [4.78, 5) is 16.9. The molecule has 0 spiro atoms. The van der Waals surface area contributed by atoms with Crippen molar-refractivity contribution in [3.63, 3.8) is 0 Å². The maximum Gasteiger partial charge on any atom is 0.228 e. The molecule has 30 heavy (non-hydrogen) atoms. The number of aliphatic hydroxyl groups is 1. The monoisotopic (exact) mass is 404 g/mol. The molecule has 1 amide bonds. The van der Waals surface area contributed by atoms with Crippen LogP contribution in [0, 0.1) is 5.92 Å². The Bertz CT molecular complexity index is 877. The molecule has 2 heterocycles. The van der Waals surface area contributed by atoms with E-state index in [1.165, 1.54) is 38.5 Å². The van der Waals surface area contributed by atoms with Crippen LogP contribution in [0.2, 0.25) is 0 Å². The van der Waals surface area contributed by atoms with E-state index in [-0.39, 0.29) is 11.8 Å². The Morgan fingerprint density at radius 3 is 2.23 bits per heavy atom. The van der Waals surface area contributed by atoms with Gasteiger partial charge in [-0.2, -0.15) is 0 Å². The summed E-state index contributed by atoms with van der Waals surface area (Å²) in [5, 5.41) is 11.6. The molecule has 0 radical (unpaired) electrons. The zero-order chi connectivity index (χ0) is 20.7. The Morgan fingerprint density at radius 1 is 0.967 bits per heavy atom. The van der Waals surface area contributed by atoms with E-state index in [4.69, 9.17) is 0 Å². The van der Waals surface area contributed by atoms with Gasteiger partial charge >= 0.3 is 0 Å². The summed E-state index contributed by atoms with van der Waals surface area (Å²) >= 11 is 0. The van der Waals surface area contributed by atoms with Crippen molar-refractivity contribution in [2.75, 3.05) is 18.0 Å². The molecule has 5 rings (SSSR count). The molecule has 2 aromatic rings. The van der Waals surface area contributed by atoms with Gasteiger partial charge in [0.05, 0.1) is 17.5 Å². The second-order valence-electron chi connectivity index (χ2n) is 9.27. The van der Waals surface area contributed by atoms with Crippen molar-refractivity contribution in [2.45, 2.75) is 63.5 Å². The Balaban J connectivity index is 1.49. The maximum absolute atomic E-state index is 12.5. The molecule has 2 aromatic carbocycles. The van der Waals surface area contributed by atoms with Gasteiger partial charge in [-0.1, -0.05) is 49.2 Å². The van der Waals surface area contributed by atoms with Crippen LogP contribution < -0.4 is 4.90 Å². The van der Waals surface area contributed by atoms with Crippen molar-refractivity contribution in [1.29, 1.82) is 0 Å². The molecule has 0 aromatic heterocycles. The molecule has 4 nitrogen and oxygen atoms in total. The number of carbonyl (C=O) groups excluding carboxylic acids is 1. The highest BCUT2D eigenvalue weighted by atomic mass is 16.3. The molecular formula is C26H32N2O2. The summed E-state index contributed by atoms with van der Waals surface area (Å²) in [6, 6.07) is 16.8. The lowest BCUT2D eigenvalue weighted by molar-refractivity contribution is -0.115. The SMILES string of the molecule is CC(=O)N1c2ccccc2C([C@@H](O)CN2CCC[C@H]3CCCC[C@@H]32)c2ccccc21. The predicted molar refractivity (Wildman–Crippen MR) is 120 cm³/mol. The fourth-order valence-electron chi connectivity index (χ4n) is 6.26. The summed E-state index contributed by atoms with van der Waals surface area (Å²) < 4.78 is 0. The average molecular weight is 405 g/mol. The smallest absolute Gasteiger partial charge is 0.228 e. The number of nitrogens with zero attached hydrogens (tertiary/aromatic N) is 2. The average Bonchev–Trinajstić information content (AvgIpc) is 2.77. The number of aliphatic hydroxyl groups excluding tert-OH is 1. The predicted octanol–water partition coefficient (Wildman–Crippen LogP) is 4.83. The molecule has 3 aliphatic rings. The van der Waals surface area contributed by atoms with Gasteiger partial charge in [0.1, 0.15) is 0 Å². The van der Waals surface area contributed by atoms with Gasteiger partial charge < -0.3 is 5.11 Å². The number of benzene rings is 2. The van der Waals surface area contributed by atoms with Crippen LogP contribution in [0.25, 0.3) is 0 Å². The van der Waals surface area contributed by atoms with Gasteiger partial charge in [0, 0.05) is 25.4 Å². The van der Waals surface area contributed by atoms with E-state index in [0.29, 0.717) is 12.6 Å². The number of β-amino-alcohol motifs (C(OH)–C–C–N with tert-alkyl or cyclic N) is 1. The largest absolute Gasteiger partial charge is 0.391 e. The Kier molecular flexibility index (Phi) is 5.38. The molecule has 3 atom stereocenters. The molecule has 4 heteroatoms. The van der Waals surface area contributed by atoms with Crippen molar-refractivity contribution in [3.05, 3.63) is 59.7 Å². The Morgan fingerprint density at radius 2 is 1.57 bits per heavy atom. The first-order valence-corrected chi connectivity index (χ1v) is 11.6. The second kappa shape index (κ2) is 8.16. The molecule has 1 aliphatic carbocycles. The Hall–Kier alpha value is -2.17. The number of hydrogen-bond acceptors (Lipinski definition) is 3. The topological polar surface area (TPSA) is 43.8 Å². The third kappa shape index (κ3) is 3.36. The highest BCUT2D eigenvalue weighted by Gasteiger charge is 2.39. The molecule has 0 bridgehead atoms. The van der Waals surface area contributed by atoms with E-state index in [9.17, 15) is 9.90 Å². The lowest BCUT2D eigenvalue weighted by Crippen LogP contribution is -2.50. The van der Waals surface area contributed by atoms with Crippen molar-refractivity contribution in [2.24, 2.45) is 5.92 Å². The van der Waals surface area contributed by atoms with Gasteiger partial charge in [-0.15, -0.1) is 0 Å². The number of fused-ring (bicyclic) bond motifs is 3. The number of carbonyl (C=O) groups is 1. The van der Waals surface area contributed by atoms with E-state index in [0.717, 1.165) is 35.0 Å². The lowest BCUT2D eigenvalue weighted by atomic mass is 9.77. The number of amides is 1. The van der Waals surface area contributed by atoms with Crippen LogP contribution in [0.5, 0.6) is 0 Å². The molecule has 2 fully saturated rings. The fourth-order valence-corrected chi connectivity index (χ4v) is 6.26. The van der Waals surface area contributed by atoms with Gasteiger partial charge in [0.15, 0.2) is 0 Å². The summed E-state index contributed by atoms with van der Waals surface area (Å²) in [6.07, 6.45) is 7.39. The molecule has 1 saturated heterocycles. The van der Waals surface area contributed by atoms with Gasteiger partial charge in [-0.3, -0.25) is 14.6 Å². The number of anilines is 2. The van der Waals surface area contributed by atoms with Crippen LogP contribution in [0.4, 0.5) is 11.4 Å². The maximum atomic E-state index is 12.5. The summed E-state index contributed by atoms with van der Waals surface area (Å²) in [6.45, 7) is 3.41. The van der Waals surface area contributed by atoms with Gasteiger partial charge in [0.2, 0.25) is 5.91 Å². The quantitative estimate of drug-likeness (QED) is 0.797. The zero-order valence-corrected chi connectivity index (χ0v) is 17.8. The standard InChI is InChI=1S/C26H32N2O2/c1-18(29)28-23-14-6-3-11-20(23)26(21-12-4-7-15-24(21)28)25(30)17-27-16-8-10-19-9-2-5-13-22(19)27/h3-4,6-7,11-12,14-15,19,22,25-26,30H,2,5,8-10,13,16-17H2,1H3/t19-,22+,25+/m1/s1. The van der Waals surface area contributed by atoms with Crippen LogP contribution in [0.1, 0.15) is 62.5 Å². The van der Waals surface area contributed by atoms with Gasteiger partial charge in [-0.05, 0) is 61.4 Å². The lowest BCUT2D eigenvalue weighted by Gasteiger charge is -2.46. The minimum Gasteiger partial charge on any atom is -0.391 e. The van der Waals surface area contributed by atoms with E-state index >= 15 is 0 Å². The molecule has 158 valence electrons. The molecule has 0 unspecified atom stereocenters. The van der Waals surface area contributed by atoms with E-state index < -0.39 is 6.10 Å². The number of para-hydroxylation sites is 2. The molecule has 1 N–H and O–H groups in total. The third-order valence-electron chi connectivity index (χ3n) is 7.50. The van der Waals surface area contributed by atoms with Crippen LogP contribution in [0.3, 0.4) is 0 Å². The van der Waals surface area contributed by atoms with Crippen LogP contribution in [-0.4, -0.2) is 41.1 Å². The highest BCUT2D eigenvalue weighted by molar-refractivity contribution is 6.02. The molecular weight excluding hydrogens is 372 g/mol. The minimum atomic E-state index is -0.498. The van der Waals surface area contributed by atoms with Crippen LogP contribution >= 0.6 is 0 Å². The number of hydrogen-bond donors (Lipinski definition) is 1. The van der Waals surface area contributed by atoms with E-state index in [2.05, 4.69) is 17.0 Å². The number of rotatable bonds is 3. The van der Waals surface area contributed by atoms with Crippen molar-refractivity contribution in [1.82, 2.24) is 4.90 Å². The highest BCUT2D eigenvalue weighted by Crippen LogP contribution is 2.47. The molecule has 2 aliphatic heterocycles. The minimum absolute atomic E-state index is 0.00363. The first kappa shape index (κ1) is 19.8. The fraction of sp³-hybridized carbons (Fsp3) is 0.500. The van der Waals surface area contributed by atoms with Crippen LogP contribution in [0.15, 0.2) is 48.5 Å². The first-order valence-electron chi connectivity index (χ1n) is 11.6. The number of piperidine rings is 1. The van der Waals surface area contributed by atoms with E-state index in [1.807, 2.05) is 36.4 Å². The van der Waals surface area contributed by atoms with E-state index in [1.54, 1.807) is 11.8 Å². The second-order valence-corrected chi connectivity index (χ2v) is 9.27. The molecule has 1 saturated carbocycles. The summed E-state index contributed by atoms with van der Waals surface area (Å²) in [7, 11) is 0. The van der Waals surface area contributed by atoms with Gasteiger partial charge in [0.25, 0.3) is 0 Å². The van der Waals surface area contributed by atoms with Crippen LogP contribution in [-0.2, 0) is 4.79 Å². The van der Waals surface area contributed by atoms with Crippen molar-refractivity contribution >= 4 is 17.3 Å². The van der Waals surface area contributed by atoms with Crippen molar-refractivity contribution in [3.8, 4) is 0 Å². The third-order valence-corrected chi connectivity index (χ3v) is 7.50. The van der Waals surface area contributed by atoms with Crippen molar-refractivity contribution < 1.29 is 9.90 Å². The zero-order valence-electron chi connectivity index (χ0n) is 17.8. The summed E-state index contributed by atoms with van der Waals surface area (Å²) in [5.74, 6) is 0.694. The normalized spacial score (nSPS) is 25.2. The summed E-state index contributed by atoms with van der Waals surface area (Å²) in [5.41, 5.74) is 3.91. The number of likely N-dealkylation sites (tertiary alicyclic amines) is 1.